The molecule has 0 amide bonds. The predicted molar refractivity (Wildman–Crippen MR) is 183 cm³/mol. The first-order valence-corrected chi connectivity index (χ1v) is 15.4. The van der Waals surface area contributed by atoms with E-state index in [1.165, 1.54) is 4.70 Å². The number of aromatic nitrogens is 4. The van der Waals surface area contributed by atoms with Gasteiger partial charge in [-0.15, -0.1) is 11.3 Å². The van der Waals surface area contributed by atoms with Crippen molar-refractivity contribution in [3.05, 3.63) is 146 Å². The highest BCUT2D eigenvalue weighted by Crippen LogP contribution is 2.37. The van der Waals surface area contributed by atoms with Crippen molar-refractivity contribution in [3.8, 4) is 44.2 Å². The quantitative estimate of drug-likeness (QED) is 0.195. The molecule has 5 aromatic carbocycles. The molecule has 4 aromatic heterocycles. The molecule has 0 radical (unpaired) electrons. The van der Waals surface area contributed by atoms with Crippen LogP contribution < -0.4 is 0 Å². The van der Waals surface area contributed by atoms with Crippen molar-refractivity contribution in [2.24, 2.45) is 0 Å². The van der Waals surface area contributed by atoms with Gasteiger partial charge in [0.05, 0.1) is 27.1 Å². The lowest BCUT2D eigenvalue weighted by molar-refractivity contribution is 1.20. The van der Waals surface area contributed by atoms with Gasteiger partial charge in [0.1, 0.15) is 10.7 Å². The van der Waals surface area contributed by atoms with Gasteiger partial charge < -0.3 is 4.40 Å². The van der Waals surface area contributed by atoms with E-state index in [-0.39, 0.29) is 0 Å². The molecule has 4 heterocycles. The van der Waals surface area contributed by atoms with E-state index in [4.69, 9.17) is 15.0 Å². The highest BCUT2D eigenvalue weighted by Gasteiger charge is 2.16. The zero-order valence-corrected chi connectivity index (χ0v) is 24.4. The largest absolute Gasteiger partial charge is 0.306 e. The lowest BCUT2D eigenvalue weighted by atomic mass is 9.97. The second-order valence-corrected chi connectivity index (χ2v) is 12.0. The topological polar surface area (TPSA) is 43.1 Å². The second-order valence-electron chi connectivity index (χ2n) is 10.9. The number of nitrogens with zero attached hydrogens (tertiary/aromatic N) is 4. The van der Waals surface area contributed by atoms with Crippen LogP contribution in [0.25, 0.3) is 81.8 Å². The fourth-order valence-electron chi connectivity index (χ4n) is 6.09. The van der Waals surface area contributed by atoms with Crippen LogP contribution in [0, 0.1) is 0 Å². The fraction of sp³-hybridized carbons (Fsp3) is 0. The van der Waals surface area contributed by atoms with Crippen molar-refractivity contribution < 1.29 is 0 Å². The molecule has 206 valence electrons. The molecule has 0 unspecified atom stereocenters. The summed E-state index contributed by atoms with van der Waals surface area (Å²) in [6.07, 6.45) is 4.21. The van der Waals surface area contributed by atoms with Gasteiger partial charge in [0.15, 0.2) is 0 Å². The number of benzene rings is 5. The molecule has 9 rings (SSSR count). The van der Waals surface area contributed by atoms with Gasteiger partial charge in [-0.3, -0.25) is 0 Å². The third-order valence-electron chi connectivity index (χ3n) is 8.25. The van der Waals surface area contributed by atoms with E-state index < -0.39 is 0 Å². The van der Waals surface area contributed by atoms with Crippen LogP contribution in [0.4, 0.5) is 0 Å². The summed E-state index contributed by atoms with van der Waals surface area (Å²) in [4.78, 5) is 15.2. The molecule has 0 atom stereocenters. The molecule has 0 saturated carbocycles. The fourth-order valence-corrected chi connectivity index (χ4v) is 7.06. The highest BCUT2D eigenvalue weighted by molar-refractivity contribution is 7.21. The molecule has 0 saturated heterocycles. The Hall–Kier alpha value is -5.65. The third-order valence-corrected chi connectivity index (χ3v) is 9.34. The minimum Gasteiger partial charge on any atom is -0.306 e. The Kier molecular flexibility index (Phi) is 5.64. The van der Waals surface area contributed by atoms with Crippen LogP contribution in [0.15, 0.2) is 146 Å². The lowest BCUT2D eigenvalue weighted by Crippen LogP contribution is -1.93. The van der Waals surface area contributed by atoms with Gasteiger partial charge in [0.2, 0.25) is 0 Å². The van der Waals surface area contributed by atoms with Crippen LogP contribution in [0.3, 0.4) is 0 Å². The number of fused-ring (bicyclic) bond motifs is 6. The highest BCUT2D eigenvalue weighted by atomic mass is 32.1. The average Bonchev–Trinajstić information content (AvgIpc) is 3.73. The average molecular weight is 581 g/mol. The van der Waals surface area contributed by atoms with Gasteiger partial charge in [0.25, 0.3) is 0 Å². The van der Waals surface area contributed by atoms with Gasteiger partial charge in [-0.05, 0) is 41.5 Å². The number of hydrogen-bond donors (Lipinski definition) is 0. The molecule has 9 aromatic rings. The molecule has 4 nitrogen and oxygen atoms in total. The van der Waals surface area contributed by atoms with Crippen molar-refractivity contribution in [1.29, 1.82) is 0 Å². The summed E-state index contributed by atoms with van der Waals surface area (Å²) in [6.45, 7) is 0. The van der Waals surface area contributed by atoms with Crippen LogP contribution in [0.1, 0.15) is 0 Å². The SMILES string of the molecule is c1ccc(-c2cn3ccc4c(-c5cccc(-c6ccc(-c7nc8ccccc8s7)cc6)c5)nc5ccccc5c4c3n2)cc1. The first-order valence-electron chi connectivity index (χ1n) is 14.6. The van der Waals surface area contributed by atoms with E-state index in [2.05, 4.69) is 138 Å². The number of hydrogen-bond acceptors (Lipinski definition) is 4. The van der Waals surface area contributed by atoms with Gasteiger partial charge in [-0.25, -0.2) is 15.0 Å². The predicted octanol–water partition coefficient (Wildman–Crippen LogP) is 10.3. The summed E-state index contributed by atoms with van der Waals surface area (Å²) >= 11 is 1.73. The zero-order valence-electron chi connectivity index (χ0n) is 23.6. The Labute approximate surface area is 257 Å². The van der Waals surface area contributed by atoms with E-state index in [1.54, 1.807) is 11.3 Å². The maximum Gasteiger partial charge on any atom is 0.146 e. The Morgan fingerprint density at radius 2 is 1.23 bits per heavy atom. The molecular formula is C39H24N4S. The monoisotopic (exact) mass is 580 g/mol. The Morgan fingerprint density at radius 3 is 2.09 bits per heavy atom. The molecule has 44 heavy (non-hydrogen) atoms. The van der Waals surface area contributed by atoms with Gasteiger partial charge in [-0.2, -0.15) is 0 Å². The molecular weight excluding hydrogens is 557 g/mol. The van der Waals surface area contributed by atoms with E-state index in [0.29, 0.717) is 0 Å². The van der Waals surface area contributed by atoms with E-state index in [1.807, 2.05) is 12.1 Å². The smallest absolute Gasteiger partial charge is 0.146 e. The zero-order chi connectivity index (χ0) is 29.0. The minimum absolute atomic E-state index is 0.933. The maximum atomic E-state index is 5.21. The van der Waals surface area contributed by atoms with Crippen LogP contribution in [-0.4, -0.2) is 19.4 Å². The van der Waals surface area contributed by atoms with Gasteiger partial charge in [0, 0.05) is 45.2 Å². The van der Waals surface area contributed by atoms with E-state index in [9.17, 15) is 0 Å². The number of rotatable bonds is 4. The van der Waals surface area contributed by atoms with E-state index >= 15 is 0 Å². The van der Waals surface area contributed by atoms with Crippen molar-refractivity contribution in [1.82, 2.24) is 19.4 Å². The molecule has 0 spiro atoms. The summed E-state index contributed by atoms with van der Waals surface area (Å²) in [5, 5.41) is 4.34. The summed E-state index contributed by atoms with van der Waals surface area (Å²) in [7, 11) is 0. The molecule has 0 N–H and O–H groups in total. The van der Waals surface area contributed by atoms with Crippen LogP contribution in [0.2, 0.25) is 0 Å². The van der Waals surface area contributed by atoms with Crippen molar-refractivity contribution in [3.63, 3.8) is 0 Å². The normalized spacial score (nSPS) is 11.6. The Morgan fingerprint density at radius 1 is 0.500 bits per heavy atom. The molecule has 0 aliphatic heterocycles. The van der Waals surface area contributed by atoms with Crippen molar-refractivity contribution >= 4 is 48.9 Å². The lowest BCUT2D eigenvalue weighted by Gasteiger charge is -2.12. The maximum absolute atomic E-state index is 5.21. The Bertz CT molecular complexity index is 2460. The molecule has 5 heteroatoms. The summed E-state index contributed by atoms with van der Waals surface area (Å²) in [6, 6.07) is 46.6. The molecule has 0 aliphatic carbocycles. The molecule has 0 aliphatic rings. The molecule has 0 bridgehead atoms. The van der Waals surface area contributed by atoms with Crippen LogP contribution in [-0.2, 0) is 0 Å². The van der Waals surface area contributed by atoms with Gasteiger partial charge >= 0.3 is 0 Å². The van der Waals surface area contributed by atoms with Crippen LogP contribution in [0.5, 0.6) is 0 Å². The number of para-hydroxylation sites is 2. The Balaban J connectivity index is 1.17. The summed E-state index contributed by atoms with van der Waals surface area (Å²) in [5.74, 6) is 0. The minimum atomic E-state index is 0.933. The number of imidazole rings is 1. The van der Waals surface area contributed by atoms with Gasteiger partial charge in [-0.1, -0.05) is 103 Å². The van der Waals surface area contributed by atoms with Crippen molar-refractivity contribution in [2.75, 3.05) is 0 Å². The van der Waals surface area contributed by atoms with Crippen LogP contribution >= 0.6 is 11.3 Å². The van der Waals surface area contributed by atoms with E-state index in [0.717, 1.165) is 77.1 Å². The number of pyridine rings is 2. The summed E-state index contributed by atoms with van der Waals surface area (Å²) < 4.78 is 3.34. The van der Waals surface area contributed by atoms with Crippen molar-refractivity contribution in [2.45, 2.75) is 0 Å². The number of thiazole rings is 1. The molecule has 0 fully saturated rings. The first-order chi connectivity index (χ1) is 21.8. The second kappa shape index (κ2) is 9.97. The third kappa shape index (κ3) is 4.09. The standard InChI is InChI=1S/C39H24N4S/c1-2-9-26(10-3-1)34-24-43-22-21-31-36(38(43)41-34)30-13-4-5-14-32(30)40-37(31)29-12-8-11-28(23-29)25-17-19-27(20-18-25)39-42-33-15-6-7-16-35(33)44-39/h1-24H. The summed E-state index contributed by atoms with van der Waals surface area (Å²) in [5.41, 5.74) is 10.5. The first kappa shape index (κ1) is 24.9.